The van der Waals surface area contributed by atoms with Gasteiger partial charge < -0.3 is 14.8 Å². The third-order valence-corrected chi connectivity index (χ3v) is 7.81. The third kappa shape index (κ3) is 4.73. The zero-order valence-corrected chi connectivity index (χ0v) is 19.4. The maximum absolute atomic E-state index is 13.0. The highest BCUT2D eigenvalue weighted by Crippen LogP contribution is 2.35. The van der Waals surface area contributed by atoms with Crippen LogP contribution in [0.25, 0.3) is 0 Å². The van der Waals surface area contributed by atoms with Crippen LogP contribution in [0.5, 0.6) is 5.75 Å². The summed E-state index contributed by atoms with van der Waals surface area (Å²) in [6.45, 7) is 3.03. The Kier molecular flexibility index (Phi) is 6.68. The van der Waals surface area contributed by atoms with Gasteiger partial charge in [0.15, 0.2) is 0 Å². The summed E-state index contributed by atoms with van der Waals surface area (Å²) in [5.74, 6) is 0.152. The van der Waals surface area contributed by atoms with Crippen LogP contribution < -0.4 is 15.0 Å². The number of hydrogen-bond donors (Lipinski definition) is 1. The van der Waals surface area contributed by atoms with E-state index in [1.807, 2.05) is 24.3 Å². The monoisotopic (exact) mass is 473 g/mol. The van der Waals surface area contributed by atoms with Gasteiger partial charge in [0, 0.05) is 38.7 Å². The van der Waals surface area contributed by atoms with E-state index < -0.39 is 16.1 Å². The minimum absolute atomic E-state index is 0.158. The first-order chi connectivity index (χ1) is 15.8. The molecule has 0 aromatic heterocycles. The Hall–Kier alpha value is -2.95. The van der Waals surface area contributed by atoms with Crippen molar-refractivity contribution in [2.75, 3.05) is 38.3 Å². The second-order valence-corrected chi connectivity index (χ2v) is 9.92. The fourth-order valence-electron chi connectivity index (χ4n) is 4.17. The normalized spacial score (nSPS) is 18.6. The molecule has 0 bridgehead atoms. The van der Waals surface area contributed by atoms with Gasteiger partial charge in [0.05, 0.1) is 25.2 Å². The number of sulfonamides is 1. The molecule has 9 nitrogen and oxygen atoms in total. The molecule has 0 radical (unpaired) electrons. The number of carbonyl (C=O) groups is 2. The lowest BCUT2D eigenvalue weighted by atomic mass is 10.1. The van der Waals surface area contributed by atoms with Crippen LogP contribution in [0.4, 0.5) is 5.69 Å². The maximum atomic E-state index is 13.0. The van der Waals surface area contributed by atoms with Crippen molar-refractivity contribution in [2.45, 2.75) is 30.8 Å². The Bertz CT molecular complexity index is 1140. The molecule has 0 aliphatic carbocycles. The Morgan fingerprint density at radius 1 is 1.12 bits per heavy atom. The summed E-state index contributed by atoms with van der Waals surface area (Å²) in [6, 6.07) is 11.3. The van der Waals surface area contributed by atoms with Crippen LogP contribution in [0.3, 0.4) is 0 Å². The first kappa shape index (κ1) is 23.2. The lowest BCUT2D eigenvalue weighted by molar-refractivity contribution is -0.125. The maximum Gasteiger partial charge on any atom is 0.243 e. The van der Waals surface area contributed by atoms with Crippen molar-refractivity contribution in [3.05, 3.63) is 53.6 Å². The van der Waals surface area contributed by atoms with Crippen LogP contribution in [0.15, 0.2) is 47.4 Å². The van der Waals surface area contributed by atoms with E-state index in [4.69, 9.17) is 9.47 Å². The molecular formula is C23H27N3O6S. The highest BCUT2D eigenvalue weighted by molar-refractivity contribution is 7.89. The van der Waals surface area contributed by atoms with Crippen LogP contribution in [0.2, 0.25) is 0 Å². The second-order valence-electron chi connectivity index (χ2n) is 7.98. The molecule has 33 heavy (non-hydrogen) atoms. The van der Waals surface area contributed by atoms with E-state index in [-0.39, 0.29) is 23.1 Å². The van der Waals surface area contributed by atoms with Gasteiger partial charge in [-0.15, -0.1) is 0 Å². The van der Waals surface area contributed by atoms with Crippen LogP contribution in [-0.2, 0) is 37.3 Å². The van der Waals surface area contributed by atoms with Gasteiger partial charge in [-0.05, 0) is 41.5 Å². The number of nitrogens with zero attached hydrogens (tertiary/aromatic N) is 2. The van der Waals surface area contributed by atoms with Gasteiger partial charge in [-0.25, -0.2) is 8.42 Å². The quantitative estimate of drug-likeness (QED) is 0.678. The molecule has 176 valence electrons. The molecule has 2 amide bonds. The zero-order chi connectivity index (χ0) is 23.6. The number of hydrogen-bond acceptors (Lipinski definition) is 6. The first-order valence-corrected chi connectivity index (χ1v) is 12.2. The largest absolute Gasteiger partial charge is 0.497 e. The molecular weight excluding hydrogens is 446 g/mol. The molecule has 1 N–H and O–H groups in total. The lowest BCUT2D eigenvalue weighted by Gasteiger charge is -2.26. The van der Waals surface area contributed by atoms with Crippen LogP contribution in [-0.4, -0.2) is 64.0 Å². The van der Waals surface area contributed by atoms with Crippen LogP contribution in [0.1, 0.15) is 18.1 Å². The standard InChI is InChI=1S/C23H27N3O6S/c1-16(27)26-21-8-7-20(33(29,30)25-9-11-32-12-10-25)13-18(21)14-22(26)23(28)24-15-17-3-5-19(31-2)6-4-17/h3-8,13,22H,9-12,14-15H2,1-2H3,(H,24,28). The van der Waals surface area contributed by atoms with Crippen LogP contribution >= 0.6 is 0 Å². The van der Waals surface area contributed by atoms with Gasteiger partial charge in [-0.1, -0.05) is 12.1 Å². The van der Waals surface area contributed by atoms with Gasteiger partial charge in [0.2, 0.25) is 21.8 Å². The minimum Gasteiger partial charge on any atom is -0.497 e. The number of carbonyl (C=O) groups excluding carboxylic acids is 2. The number of rotatable bonds is 6. The summed E-state index contributed by atoms with van der Waals surface area (Å²) in [4.78, 5) is 27.0. The number of morpholine rings is 1. The number of nitrogens with one attached hydrogen (secondary N) is 1. The highest BCUT2D eigenvalue weighted by atomic mass is 32.2. The fraction of sp³-hybridized carbons (Fsp3) is 0.391. The Morgan fingerprint density at radius 3 is 2.45 bits per heavy atom. The number of methoxy groups -OCH3 is 1. The molecule has 2 heterocycles. The second kappa shape index (κ2) is 9.50. The molecule has 2 aromatic rings. The molecule has 2 aromatic carbocycles. The molecule has 4 rings (SSSR count). The van der Waals surface area contributed by atoms with Crippen molar-refractivity contribution in [2.24, 2.45) is 0 Å². The predicted molar refractivity (Wildman–Crippen MR) is 122 cm³/mol. The molecule has 10 heteroatoms. The molecule has 0 spiro atoms. The lowest BCUT2D eigenvalue weighted by Crippen LogP contribution is -2.47. The number of anilines is 1. The van der Waals surface area contributed by atoms with Crippen LogP contribution in [0, 0.1) is 0 Å². The number of amides is 2. The van der Waals surface area contributed by atoms with E-state index in [2.05, 4.69) is 5.32 Å². The molecule has 2 aliphatic rings. The molecule has 1 atom stereocenters. The Balaban J connectivity index is 1.52. The number of benzene rings is 2. The highest BCUT2D eigenvalue weighted by Gasteiger charge is 2.38. The number of ether oxygens (including phenoxy) is 2. The van der Waals surface area contributed by atoms with Crippen molar-refractivity contribution in [1.82, 2.24) is 9.62 Å². The van der Waals surface area contributed by atoms with Crippen molar-refractivity contribution in [3.8, 4) is 5.75 Å². The smallest absolute Gasteiger partial charge is 0.243 e. The van der Waals surface area contributed by atoms with E-state index in [0.717, 1.165) is 11.3 Å². The third-order valence-electron chi connectivity index (χ3n) is 5.91. The van der Waals surface area contributed by atoms with E-state index >= 15 is 0 Å². The van der Waals surface area contributed by atoms with E-state index in [0.29, 0.717) is 44.1 Å². The number of fused-ring (bicyclic) bond motifs is 1. The van der Waals surface area contributed by atoms with Gasteiger partial charge >= 0.3 is 0 Å². The fourth-order valence-corrected chi connectivity index (χ4v) is 5.63. The Morgan fingerprint density at radius 2 is 1.82 bits per heavy atom. The summed E-state index contributed by atoms with van der Waals surface area (Å²) in [5.41, 5.74) is 2.12. The summed E-state index contributed by atoms with van der Waals surface area (Å²) in [5, 5.41) is 2.88. The molecule has 2 aliphatic heterocycles. The zero-order valence-electron chi connectivity index (χ0n) is 18.6. The average Bonchev–Trinajstić information content (AvgIpc) is 3.22. The predicted octanol–water partition coefficient (Wildman–Crippen LogP) is 1.31. The van der Waals surface area contributed by atoms with E-state index in [1.165, 1.54) is 22.2 Å². The Labute approximate surface area is 193 Å². The van der Waals surface area contributed by atoms with Crippen molar-refractivity contribution < 1.29 is 27.5 Å². The SMILES string of the molecule is COc1ccc(CNC(=O)C2Cc3cc(S(=O)(=O)N4CCOCC4)ccc3N2C(C)=O)cc1. The molecule has 1 unspecified atom stereocenters. The van der Waals surface area contributed by atoms with Gasteiger partial charge in [0.25, 0.3) is 0 Å². The summed E-state index contributed by atoms with van der Waals surface area (Å²) in [6.07, 6.45) is 0.246. The van der Waals surface area contributed by atoms with Gasteiger partial charge in [-0.2, -0.15) is 4.31 Å². The average molecular weight is 474 g/mol. The van der Waals surface area contributed by atoms with E-state index in [1.54, 1.807) is 19.2 Å². The molecule has 1 saturated heterocycles. The van der Waals surface area contributed by atoms with Gasteiger partial charge in [-0.3, -0.25) is 14.5 Å². The summed E-state index contributed by atoms with van der Waals surface area (Å²) < 4.78 is 37.8. The topological polar surface area (TPSA) is 105 Å². The summed E-state index contributed by atoms with van der Waals surface area (Å²) in [7, 11) is -2.09. The van der Waals surface area contributed by atoms with Crippen molar-refractivity contribution in [3.63, 3.8) is 0 Å². The molecule has 1 fully saturated rings. The summed E-state index contributed by atoms with van der Waals surface area (Å²) >= 11 is 0. The molecule has 0 saturated carbocycles. The minimum atomic E-state index is -3.67. The first-order valence-electron chi connectivity index (χ1n) is 10.7. The van der Waals surface area contributed by atoms with E-state index in [9.17, 15) is 18.0 Å². The van der Waals surface area contributed by atoms with Crippen molar-refractivity contribution in [1.29, 1.82) is 0 Å². The van der Waals surface area contributed by atoms with Gasteiger partial charge in [0.1, 0.15) is 11.8 Å². The van der Waals surface area contributed by atoms with Crippen molar-refractivity contribution >= 4 is 27.5 Å².